The molecule has 3 nitrogen and oxygen atoms in total. The first-order valence-electron chi connectivity index (χ1n) is 10.8. The van der Waals surface area contributed by atoms with E-state index in [1.165, 1.54) is 38.5 Å². The van der Waals surface area contributed by atoms with Crippen LogP contribution in [-0.4, -0.2) is 16.3 Å². The Labute approximate surface area is 162 Å². The zero-order valence-corrected chi connectivity index (χ0v) is 16.6. The van der Waals surface area contributed by atoms with Gasteiger partial charge in [0.15, 0.2) is 0 Å². The lowest BCUT2D eigenvalue weighted by Gasteiger charge is -2.54. The predicted molar refractivity (Wildman–Crippen MR) is 101 cm³/mol. The minimum Gasteiger partial charge on any atom is -0.390 e. The van der Waals surface area contributed by atoms with E-state index in [0.29, 0.717) is 0 Å². The molecule has 8 aliphatic rings. The fraction of sp³-hybridized carbons (Fsp3) is 0.909. The second kappa shape index (κ2) is 6.39. The standard InChI is InChI=1S/C12H17ClO2.C10H16O/c1-8(13)14-15-12-5-9-2-10(6-12)4-11(3-9)7-12;11-10-4-7-1-8(5-10)3-9(2-7)6-10/h9-11H,1-7H2;7-9,11H,1-6H2. The third-order valence-corrected chi connectivity index (χ3v) is 8.36. The molecule has 0 aromatic heterocycles. The van der Waals surface area contributed by atoms with Gasteiger partial charge in [0, 0.05) is 0 Å². The Morgan fingerprint density at radius 1 is 0.731 bits per heavy atom. The molecule has 0 aliphatic heterocycles. The van der Waals surface area contributed by atoms with Gasteiger partial charge in [-0.1, -0.05) is 0 Å². The van der Waals surface area contributed by atoms with Crippen LogP contribution in [0.25, 0.3) is 0 Å². The fourth-order valence-electron chi connectivity index (χ4n) is 8.33. The van der Waals surface area contributed by atoms with E-state index in [9.17, 15) is 5.11 Å². The number of hydrogen-bond donors (Lipinski definition) is 1. The number of halogens is 1. The van der Waals surface area contributed by atoms with Crippen molar-refractivity contribution in [3.63, 3.8) is 0 Å². The Bertz CT molecular complexity index is 501. The summed E-state index contributed by atoms with van der Waals surface area (Å²) in [6.45, 7) is 3.49. The van der Waals surface area contributed by atoms with E-state index in [1.807, 2.05) is 0 Å². The average Bonchev–Trinajstić information content (AvgIpc) is 2.50. The molecule has 8 rings (SSSR count). The van der Waals surface area contributed by atoms with E-state index in [2.05, 4.69) is 6.58 Å². The van der Waals surface area contributed by atoms with Crippen molar-refractivity contribution < 1.29 is 14.9 Å². The topological polar surface area (TPSA) is 38.7 Å². The van der Waals surface area contributed by atoms with Gasteiger partial charge in [0.2, 0.25) is 5.22 Å². The minimum atomic E-state index is -0.200. The average molecular weight is 381 g/mol. The van der Waals surface area contributed by atoms with Crippen LogP contribution in [0, 0.1) is 35.5 Å². The summed E-state index contributed by atoms with van der Waals surface area (Å²) < 4.78 is 0. The van der Waals surface area contributed by atoms with Gasteiger partial charge in [-0.05, 0) is 131 Å². The highest BCUT2D eigenvalue weighted by atomic mass is 35.5. The van der Waals surface area contributed by atoms with Gasteiger partial charge < -0.3 is 9.99 Å². The Balaban J connectivity index is 0.000000121. The van der Waals surface area contributed by atoms with Crippen molar-refractivity contribution in [3.8, 4) is 0 Å². The Morgan fingerprint density at radius 2 is 1.08 bits per heavy atom. The molecule has 0 heterocycles. The van der Waals surface area contributed by atoms with Crippen LogP contribution in [0.2, 0.25) is 0 Å². The van der Waals surface area contributed by atoms with E-state index in [0.717, 1.165) is 74.0 Å². The summed E-state index contributed by atoms with van der Waals surface area (Å²) in [6, 6.07) is 0. The van der Waals surface area contributed by atoms with Crippen molar-refractivity contribution >= 4 is 11.6 Å². The third-order valence-electron chi connectivity index (χ3n) is 8.30. The first-order chi connectivity index (χ1) is 12.4. The molecule has 4 heteroatoms. The highest BCUT2D eigenvalue weighted by molar-refractivity contribution is 6.27. The van der Waals surface area contributed by atoms with Gasteiger partial charge >= 0.3 is 0 Å². The van der Waals surface area contributed by atoms with E-state index in [-0.39, 0.29) is 16.4 Å². The molecule has 0 aromatic rings. The van der Waals surface area contributed by atoms with Crippen LogP contribution in [0.5, 0.6) is 0 Å². The maximum atomic E-state index is 10.1. The van der Waals surface area contributed by atoms with Gasteiger partial charge in [0.25, 0.3) is 0 Å². The van der Waals surface area contributed by atoms with Crippen molar-refractivity contribution in [2.24, 2.45) is 35.5 Å². The summed E-state index contributed by atoms with van der Waals surface area (Å²) >= 11 is 5.58. The summed E-state index contributed by atoms with van der Waals surface area (Å²) in [4.78, 5) is 10.6. The molecule has 1 N–H and O–H groups in total. The molecule has 0 saturated heterocycles. The molecule has 0 unspecified atom stereocenters. The number of aliphatic hydroxyl groups is 1. The van der Waals surface area contributed by atoms with Crippen LogP contribution >= 0.6 is 11.6 Å². The second-order valence-electron chi connectivity index (χ2n) is 10.8. The van der Waals surface area contributed by atoms with E-state index < -0.39 is 0 Å². The predicted octanol–water partition coefficient (Wildman–Crippen LogP) is 5.56. The molecule has 0 amide bonds. The molecule has 0 spiro atoms. The van der Waals surface area contributed by atoms with Gasteiger partial charge in [0.1, 0.15) is 5.60 Å². The normalized spacial score (nSPS) is 52.5. The number of rotatable bonds is 3. The Morgan fingerprint density at radius 3 is 1.38 bits per heavy atom. The molecule has 146 valence electrons. The second-order valence-corrected chi connectivity index (χ2v) is 11.2. The SMILES string of the molecule is C=C(Cl)OOC12CC3CC(CC(C3)C1)C2.OC12CC3CC(CC(C3)C1)C2. The Hall–Kier alpha value is -0.250. The van der Waals surface area contributed by atoms with Gasteiger partial charge in [-0.15, -0.1) is 0 Å². The maximum Gasteiger partial charge on any atom is 0.224 e. The van der Waals surface area contributed by atoms with Crippen molar-refractivity contribution in [1.29, 1.82) is 0 Å². The zero-order valence-electron chi connectivity index (χ0n) is 15.8. The molecule has 0 radical (unpaired) electrons. The van der Waals surface area contributed by atoms with Gasteiger partial charge in [-0.25, -0.2) is 0 Å². The quantitative estimate of drug-likeness (QED) is 0.395. The maximum absolute atomic E-state index is 10.1. The molecule has 26 heavy (non-hydrogen) atoms. The fourth-order valence-corrected chi connectivity index (χ4v) is 8.36. The van der Waals surface area contributed by atoms with Crippen LogP contribution in [-0.2, 0) is 9.78 Å². The lowest BCUT2D eigenvalue weighted by atomic mass is 9.54. The monoisotopic (exact) mass is 380 g/mol. The van der Waals surface area contributed by atoms with Crippen molar-refractivity contribution in [2.75, 3.05) is 0 Å². The molecule has 0 atom stereocenters. The molecular formula is C22H33ClO3. The van der Waals surface area contributed by atoms with Crippen molar-refractivity contribution in [1.82, 2.24) is 0 Å². The zero-order chi connectivity index (χ0) is 17.9. The van der Waals surface area contributed by atoms with Gasteiger partial charge in [-0.3, -0.25) is 0 Å². The third kappa shape index (κ3) is 3.44. The highest BCUT2D eigenvalue weighted by Gasteiger charge is 2.53. The summed E-state index contributed by atoms with van der Waals surface area (Å²) in [7, 11) is 0. The van der Waals surface area contributed by atoms with E-state index >= 15 is 0 Å². The lowest BCUT2D eigenvalue weighted by Crippen LogP contribution is -2.51. The van der Waals surface area contributed by atoms with Crippen LogP contribution < -0.4 is 0 Å². The molecule has 0 aromatic carbocycles. The lowest BCUT2D eigenvalue weighted by molar-refractivity contribution is -0.360. The molecule has 8 fully saturated rings. The first kappa shape index (κ1) is 17.8. The smallest absolute Gasteiger partial charge is 0.224 e. The number of hydrogen-bond acceptors (Lipinski definition) is 3. The van der Waals surface area contributed by atoms with Crippen LogP contribution in [0.15, 0.2) is 11.8 Å². The van der Waals surface area contributed by atoms with Crippen molar-refractivity contribution in [2.45, 2.75) is 88.3 Å². The van der Waals surface area contributed by atoms with Gasteiger partial charge in [-0.2, -0.15) is 4.89 Å². The minimum absolute atomic E-state index is 0.0351. The van der Waals surface area contributed by atoms with E-state index in [1.54, 1.807) is 0 Å². The molecule has 8 aliphatic carbocycles. The van der Waals surface area contributed by atoms with Crippen LogP contribution in [0.3, 0.4) is 0 Å². The molecule has 8 bridgehead atoms. The summed E-state index contributed by atoms with van der Waals surface area (Å²) in [5.74, 6) is 5.28. The van der Waals surface area contributed by atoms with Crippen molar-refractivity contribution in [3.05, 3.63) is 11.8 Å². The van der Waals surface area contributed by atoms with E-state index in [4.69, 9.17) is 21.4 Å². The van der Waals surface area contributed by atoms with Crippen LogP contribution in [0.1, 0.15) is 77.0 Å². The molecule has 8 saturated carbocycles. The largest absolute Gasteiger partial charge is 0.390 e. The molecular weight excluding hydrogens is 348 g/mol. The Kier molecular flexibility index (Phi) is 4.38. The first-order valence-corrected chi connectivity index (χ1v) is 11.2. The summed E-state index contributed by atoms with van der Waals surface area (Å²) in [5, 5.41) is 10.2. The van der Waals surface area contributed by atoms with Gasteiger partial charge in [0.05, 0.1) is 5.60 Å². The summed E-state index contributed by atoms with van der Waals surface area (Å²) in [6.07, 6.45) is 15.4. The highest BCUT2D eigenvalue weighted by Crippen LogP contribution is 2.57. The summed E-state index contributed by atoms with van der Waals surface area (Å²) in [5.41, 5.74) is -0.235. The van der Waals surface area contributed by atoms with Crippen LogP contribution in [0.4, 0.5) is 0 Å².